The lowest BCUT2D eigenvalue weighted by Gasteiger charge is -2.35. The van der Waals surface area contributed by atoms with Gasteiger partial charge in [0.2, 0.25) is 11.2 Å². The SMILES string of the molecule is O=c1cc(CN2CCN(c3ccc(F)cc3)CC2)occ1OCC=Cc1ccccc1. The van der Waals surface area contributed by atoms with Crippen LogP contribution < -0.4 is 15.1 Å². The van der Waals surface area contributed by atoms with E-state index in [2.05, 4.69) is 9.80 Å². The molecule has 1 fully saturated rings. The molecule has 2 aromatic carbocycles. The van der Waals surface area contributed by atoms with Gasteiger partial charge < -0.3 is 14.1 Å². The van der Waals surface area contributed by atoms with E-state index in [4.69, 9.17) is 9.15 Å². The molecule has 0 atom stereocenters. The van der Waals surface area contributed by atoms with E-state index in [9.17, 15) is 9.18 Å². The minimum Gasteiger partial charge on any atom is -0.482 e. The summed E-state index contributed by atoms with van der Waals surface area (Å²) in [4.78, 5) is 16.8. The maximum Gasteiger partial charge on any atom is 0.227 e. The highest BCUT2D eigenvalue weighted by atomic mass is 19.1. The molecule has 1 aliphatic rings. The van der Waals surface area contributed by atoms with Crippen LogP contribution in [-0.4, -0.2) is 37.7 Å². The number of nitrogens with zero attached hydrogens (tertiary/aromatic N) is 2. The largest absolute Gasteiger partial charge is 0.482 e. The number of hydrogen-bond acceptors (Lipinski definition) is 5. The molecular formula is C25H25FN2O3. The Kier molecular flexibility index (Phi) is 6.79. The van der Waals surface area contributed by atoms with Gasteiger partial charge in [0.05, 0.1) is 6.54 Å². The first-order valence-electron chi connectivity index (χ1n) is 10.4. The quantitative estimate of drug-likeness (QED) is 0.574. The average Bonchev–Trinajstić information content (AvgIpc) is 2.80. The van der Waals surface area contributed by atoms with Crippen LogP contribution in [-0.2, 0) is 6.54 Å². The van der Waals surface area contributed by atoms with Gasteiger partial charge in [-0.15, -0.1) is 0 Å². The van der Waals surface area contributed by atoms with Gasteiger partial charge in [0.25, 0.3) is 0 Å². The van der Waals surface area contributed by atoms with Crippen molar-refractivity contribution in [3.63, 3.8) is 0 Å². The Morgan fingerprint density at radius 1 is 1.00 bits per heavy atom. The summed E-state index contributed by atoms with van der Waals surface area (Å²) >= 11 is 0. The van der Waals surface area contributed by atoms with E-state index in [0.29, 0.717) is 18.9 Å². The second-order valence-electron chi connectivity index (χ2n) is 7.44. The van der Waals surface area contributed by atoms with Gasteiger partial charge in [-0.05, 0) is 35.9 Å². The molecule has 0 amide bonds. The second-order valence-corrected chi connectivity index (χ2v) is 7.44. The summed E-state index contributed by atoms with van der Waals surface area (Å²) in [5.74, 6) is 0.604. The number of anilines is 1. The van der Waals surface area contributed by atoms with Gasteiger partial charge in [0.15, 0.2) is 0 Å². The summed E-state index contributed by atoms with van der Waals surface area (Å²) < 4.78 is 24.3. The Hall–Kier alpha value is -3.38. The zero-order chi connectivity index (χ0) is 21.5. The molecule has 160 valence electrons. The highest BCUT2D eigenvalue weighted by molar-refractivity contribution is 5.48. The molecule has 0 radical (unpaired) electrons. The topological polar surface area (TPSA) is 45.9 Å². The second kappa shape index (κ2) is 10.1. The maximum atomic E-state index is 13.1. The third-order valence-electron chi connectivity index (χ3n) is 5.24. The van der Waals surface area contributed by atoms with Crippen LogP contribution in [0.1, 0.15) is 11.3 Å². The third-order valence-corrected chi connectivity index (χ3v) is 5.24. The monoisotopic (exact) mass is 420 g/mol. The summed E-state index contributed by atoms with van der Waals surface area (Å²) in [6.07, 6.45) is 5.20. The van der Waals surface area contributed by atoms with Crippen LogP contribution in [0.3, 0.4) is 0 Å². The van der Waals surface area contributed by atoms with E-state index in [1.807, 2.05) is 42.5 Å². The van der Waals surface area contributed by atoms with Crippen molar-refractivity contribution in [2.75, 3.05) is 37.7 Å². The number of piperazine rings is 1. The van der Waals surface area contributed by atoms with Gasteiger partial charge in [-0.3, -0.25) is 9.69 Å². The molecule has 0 unspecified atom stereocenters. The Balaban J connectivity index is 1.26. The summed E-state index contributed by atoms with van der Waals surface area (Å²) in [6.45, 7) is 4.22. The maximum absolute atomic E-state index is 13.1. The van der Waals surface area contributed by atoms with Gasteiger partial charge >= 0.3 is 0 Å². The highest BCUT2D eigenvalue weighted by Crippen LogP contribution is 2.18. The van der Waals surface area contributed by atoms with Crippen LogP contribution in [0.5, 0.6) is 5.75 Å². The predicted octanol–water partition coefficient (Wildman–Crippen LogP) is 4.19. The molecule has 1 saturated heterocycles. The molecule has 0 bridgehead atoms. The van der Waals surface area contributed by atoms with Crippen molar-refractivity contribution in [3.8, 4) is 5.75 Å². The van der Waals surface area contributed by atoms with Crippen LogP contribution in [0, 0.1) is 5.82 Å². The number of benzene rings is 2. The summed E-state index contributed by atoms with van der Waals surface area (Å²) in [7, 11) is 0. The molecule has 1 aliphatic heterocycles. The molecule has 0 spiro atoms. The highest BCUT2D eigenvalue weighted by Gasteiger charge is 2.18. The van der Waals surface area contributed by atoms with Gasteiger partial charge in [0.1, 0.15) is 24.4 Å². The van der Waals surface area contributed by atoms with Crippen LogP contribution in [0.15, 0.2) is 82.2 Å². The lowest BCUT2D eigenvalue weighted by atomic mass is 10.2. The van der Waals surface area contributed by atoms with Crippen molar-refractivity contribution >= 4 is 11.8 Å². The Bertz CT molecular complexity index is 1060. The van der Waals surface area contributed by atoms with Gasteiger partial charge in [-0.2, -0.15) is 0 Å². The van der Waals surface area contributed by atoms with Crippen LogP contribution >= 0.6 is 0 Å². The van der Waals surface area contributed by atoms with Crippen LogP contribution in [0.2, 0.25) is 0 Å². The first-order chi connectivity index (χ1) is 15.2. The van der Waals surface area contributed by atoms with E-state index in [1.165, 1.54) is 24.5 Å². The average molecular weight is 420 g/mol. The smallest absolute Gasteiger partial charge is 0.227 e. The van der Waals surface area contributed by atoms with Crippen molar-refractivity contribution in [1.82, 2.24) is 4.90 Å². The van der Waals surface area contributed by atoms with E-state index >= 15 is 0 Å². The zero-order valence-electron chi connectivity index (χ0n) is 17.2. The fourth-order valence-electron chi connectivity index (χ4n) is 3.55. The molecule has 2 heterocycles. The molecule has 0 N–H and O–H groups in total. The third kappa shape index (κ3) is 5.83. The lowest BCUT2D eigenvalue weighted by molar-refractivity contribution is 0.226. The molecule has 0 aliphatic carbocycles. The van der Waals surface area contributed by atoms with Crippen molar-refractivity contribution in [1.29, 1.82) is 0 Å². The normalized spacial score (nSPS) is 14.8. The van der Waals surface area contributed by atoms with E-state index in [0.717, 1.165) is 37.4 Å². The minimum atomic E-state index is -0.225. The lowest BCUT2D eigenvalue weighted by Crippen LogP contribution is -2.46. The molecule has 6 heteroatoms. The number of ether oxygens (including phenoxy) is 1. The van der Waals surface area contributed by atoms with E-state index in [-0.39, 0.29) is 17.0 Å². The molecular weight excluding hydrogens is 395 g/mol. The van der Waals surface area contributed by atoms with Gasteiger partial charge in [-0.25, -0.2) is 4.39 Å². The van der Waals surface area contributed by atoms with Crippen molar-refractivity contribution in [2.24, 2.45) is 0 Å². The Morgan fingerprint density at radius 2 is 1.74 bits per heavy atom. The number of hydrogen-bond donors (Lipinski definition) is 0. The zero-order valence-corrected chi connectivity index (χ0v) is 17.2. The Labute approximate surface area is 181 Å². The van der Waals surface area contributed by atoms with Gasteiger partial charge in [-0.1, -0.05) is 36.4 Å². The summed E-state index contributed by atoms with van der Waals surface area (Å²) in [5, 5.41) is 0. The summed E-state index contributed by atoms with van der Waals surface area (Å²) in [5.41, 5.74) is 1.92. The molecule has 3 aromatic rings. The minimum absolute atomic E-state index is 0.181. The van der Waals surface area contributed by atoms with Crippen molar-refractivity contribution in [2.45, 2.75) is 6.54 Å². The number of halogens is 1. The molecule has 0 saturated carbocycles. The fraction of sp³-hybridized carbons (Fsp3) is 0.240. The van der Waals surface area contributed by atoms with Crippen LogP contribution in [0.25, 0.3) is 6.08 Å². The van der Waals surface area contributed by atoms with Crippen LogP contribution in [0.4, 0.5) is 10.1 Å². The fourth-order valence-corrected chi connectivity index (χ4v) is 3.55. The number of rotatable bonds is 7. The first-order valence-corrected chi connectivity index (χ1v) is 10.4. The molecule has 5 nitrogen and oxygen atoms in total. The molecule has 1 aromatic heterocycles. The molecule has 31 heavy (non-hydrogen) atoms. The first kappa shape index (κ1) is 20.9. The van der Waals surface area contributed by atoms with E-state index < -0.39 is 0 Å². The standard InChI is InChI=1S/C25H25FN2O3/c26-21-8-10-22(11-9-21)28-14-12-27(13-15-28)18-23-17-24(29)25(19-31-23)30-16-4-7-20-5-2-1-3-6-20/h1-11,17,19H,12-16,18H2. The predicted molar refractivity (Wildman–Crippen MR) is 120 cm³/mol. The van der Waals surface area contributed by atoms with Crippen molar-refractivity contribution < 1.29 is 13.5 Å². The van der Waals surface area contributed by atoms with E-state index in [1.54, 1.807) is 12.1 Å². The Morgan fingerprint density at radius 3 is 2.45 bits per heavy atom. The van der Waals surface area contributed by atoms with Crippen molar-refractivity contribution in [3.05, 3.63) is 100 Å². The summed E-state index contributed by atoms with van der Waals surface area (Å²) in [6, 6.07) is 18.0. The van der Waals surface area contributed by atoms with Gasteiger partial charge in [0, 0.05) is 37.9 Å². The molecule has 4 rings (SSSR count).